The van der Waals surface area contributed by atoms with Crippen LogP contribution in [0.2, 0.25) is 5.15 Å². The fourth-order valence-electron chi connectivity index (χ4n) is 1.32. The molecule has 1 atom stereocenters. The average molecular weight is 246 g/mol. The Labute approximate surface area is 99.8 Å². The van der Waals surface area contributed by atoms with Gasteiger partial charge in [-0.3, -0.25) is 0 Å². The highest BCUT2D eigenvalue weighted by Crippen LogP contribution is 2.18. The van der Waals surface area contributed by atoms with Gasteiger partial charge in [0.15, 0.2) is 0 Å². The van der Waals surface area contributed by atoms with Gasteiger partial charge in [-0.15, -0.1) is 0 Å². The Kier molecular flexibility index (Phi) is 5.45. The van der Waals surface area contributed by atoms with Gasteiger partial charge in [-0.25, -0.2) is 9.97 Å². The molecule has 0 bridgehead atoms. The van der Waals surface area contributed by atoms with Gasteiger partial charge in [0, 0.05) is 19.3 Å². The molecule has 0 fully saturated rings. The molecular formula is C10H16ClN3O2. The highest BCUT2D eigenvalue weighted by Gasteiger charge is 2.11. The van der Waals surface area contributed by atoms with E-state index < -0.39 is 0 Å². The van der Waals surface area contributed by atoms with Crippen LogP contribution in [0.25, 0.3) is 0 Å². The zero-order valence-corrected chi connectivity index (χ0v) is 10.2. The van der Waals surface area contributed by atoms with Gasteiger partial charge in [0.05, 0.1) is 12.6 Å². The van der Waals surface area contributed by atoms with Crippen molar-refractivity contribution in [1.82, 2.24) is 9.97 Å². The summed E-state index contributed by atoms with van der Waals surface area (Å²) >= 11 is 5.88. The standard InChI is InChI=1S/C10H16ClN3O2/c1-7-9(11)12-6-13-10(7)14-8(3-4-15)5-16-2/h6,8,15H,3-5H2,1-2H3,(H,12,13,14). The van der Waals surface area contributed by atoms with E-state index in [0.717, 1.165) is 5.56 Å². The molecule has 0 aromatic carbocycles. The topological polar surface area (TPSA) is 67.3 Å². The smallest absolute Gasteiger partial charge is 0.137 e. The molecule has 1 rings (SSSR count). The average Bonchev–Trinajstić information content (AvgIpc) is 2.25. The quantitative estimate of drug-likeness (QED) is 0.739. The predicted molar refractivity (Wildman–Crippen MR) is 62.8 cm³/mol. The summed E-state index contributed by atoms with van der Waals surface area (Å²) in [5.74, 6) is 0.676. The lowest BCUT2D eigenvalue weighted by Gasteiger charge is -2.18. The summed E-state index contributed by atoms with van der Waals surface area (Å²) in [6, 6.07) is 0.0136. The molecule has 0 radical (unpaired) electrons. The molecular weight excluding hydrogens is 230 g/mol. The number of ether oxygens (including phenoxy) is 1. The fourth-order valence-corrected chi connectivity index (χ4v) is 1.45. The molecule has 90 valence electrons. The first-order valence-corrected chi connectivity index (χ1v) is 5.40. The summed E-state index contributed by atoms with van der Waals surface area (Å²) < 4.78 is 5.05. The molecule has 0 aliphatic carbocycles. The summed E-state index contributed by atoms with van der Waals surface area (Å²) in [6.07, 6.45) is 2.00. The Morgan fingerprint density at radius 3 is 2.94 bits per heavy atom. The Balaban J connectivity index is 2.72. The van der Waals surface area contributed by atoms with Crippen molar-refractivity contribution < 1.29 is 9.84 Å². The van der Waals surface area contributed by atoms with Gasteiger partial charge in [0.25, 0.3) is 0 Å². The third-order valence-electron chi connectivity index (χ3n) is 2.21. The molecule has 0 spiro atoms. The first kappa shape index (κ1) is 13.2. The first-order valence-electron chi connectivity index (χ1n) is 5.02. The second-order valence-corrected chi connectivity index (χ2v) is 3.80. The number of aliphatic hydroxyl groups excluding tert-OH is 1. The summed E-state index contributed by atoms with van der Waals surface area (Å²) in [5, 5.41) is 12.5. The fraction of sp³-hybridized carbons (Fsp3) is 0.600. The number of anilines is 1. The van der Waals surface area contributed by atoms with Gasteiger partial charge in [-0.1, -0.05) is 11.6 Å². The van der Waals surface area contributed by atoms with Crippen LogP contribution in [0.4, 0.5) is 5.82 Å². The van der Waals surface area contributed by atoms with Crippen molar-refractivity contribution in [1.29, 1.82) is 0 Å². The van der Waals surface area contributed by atoms with E-state index in [1.807, 2.05) is 6.92 Å². The van der Waals surface area contributed by atoms with E-state index in [-0.39, 0.29) is 12.6 Å². The van der Waals surface area contributed by atoms with Crippen LogP contribution in [0.3, 0.4) is 0 Å². The minimum Gasteiger partial charge on any atom is -0.396 e. The minimum absolute atomic E-state index is 0.0136. The number of nitrogens with zero attached hydrogens (tertiary/aromatic N) is 2. The SMILES string of the molecule is COCC(CCO)Nc1ncnc(Cl)c1C. The molecule has 0 aliphatic rings. The zero-order chi connectivity index (χ0) is 12.0. The maximum Gasteiger partial charge on any atom is 0.137 e. The Hall–Kier alpha value is -0.910. The van der Waals surface area contributed by atoms with Crippen LogP contribution in [0.1, 0.15) is 12.0 Å². The number of aromatic nitrogens is 2. The van der Waals surface area contributed by atoms with Crippen molar-refractivity contribution in [2.45, 2.75) is 19.4 Å². The van der Waals surface area contributed by atoms with Crippen molar-refractivity contribution in [2.24, 2.45) is 0 Å². The third kappa shape index (κ3) is 3.59. The van der Waals surface area contributed by atoms with E-state index in [1.54, 1.807) is 7.11 Å². The largest absolute Gasteiger partial charge is 0.396 e. The van der Waals surface area contributed by atoms with E-state index in [0.29, 0.717) is 24.0 Å². The number of methoxy groups -OCH3 is 1. The predicted octanol–water partition coefficient (Wildman–Crippen LogP) is 1.25. The first-order chi connectivity index (χ1) is 7.69. The van der Waals surface area contributed by atoms with Crippen molar-refractivity contribution >= 4 is 17.4 Å². The van der Waals surface area contributed by atoms with Crippen LogP contribution in [-0.2, 0) is 4.74 Å². The summed E-state index contributed by atoms with van der Waals surface area (Å²) in [5.41, 5.74) is 0.795. The molecule has 1 unspecified atom stereocenters. The molecule has 2 N–H and O–H groups in total. The van der Waals surface area contributed by atoms with Gasteiger partial charge in [-0.05, 0) is 13.3 Å². The van der Waals surface area contributed by atoms with E-state index in [1.165, 1.54) is 6.33 Å². The van der Waals surface area contributed by atoms with Crippen LogP contribution in [-0.4, -0.2) is 41.4 Å². The van der Waals surface area contributed by atoms with Gasteiger partial charge in [0.1, 0.15) is 17.3 Å². The van der Waals surface area contributed by atoms with Crippen molar-refractivity contribution in [3.63, 3.8) is 0 Å². The summed E-state index contributed by atoms with van der Waals surface area (Å²) in [7, 11) is 1.62. The Morgan fingerprint density at radius 1 is 1.56 bits per heavy atom. The van der Waals surface area contributed by atoms with Crippen LogP contribution < -0.4 is 5.32 Å². The highest BCUT2D eigenvalue weighted by atomic mass is 35.5. The second kappa shape index (κ2) is 6.62. The monoisotopic (exact) mass is 245 g/mol. The van der Waals surface area contributed by atoms with E-state index >= 15 is 0 Å². The molecule has 0 saturated carbocycles. The zero-order valence-electron chi connectivity index (χ0n) is 9.40. The number of halogens is 1. The maximum absolute atomic E-state index is 8.91. The van der Waals surface area contributed by atoms with Crippen molar-refractivity contribution in [2.75, 3.05) is 25.6 Å². The Morgan fingerprint density at radius 2 is 2.31 bits per heavy atom. The number of hydrogen-bond donors (Lipinski definition) is 2. The molecule has 1 aromatic rings. The number of rotatable bonds is 6. The maximum atomic E-state index is 8.91. The molecule has 16 heavy (non-hydrogen) atoms. The van der Waals surface area contributed by atoms with Crippen LogP contribution in [0, 0.1) is 6.92 Å². The number of hydrogen-bond acceptors (Lipinski definition) is 5. The van der Waals surface area contributed by atoms with E-state index in [9.17, 15) is 0 Å². The second-order valence-electron chi connectivity index (χ2n) is 3.45. The van der Waals surface area contributed by atoms with Crippen molar-refractivity contribution in [3.05, 3.63) is 17.0 Å². The highest BCUT2D eigenvalue weighted by molar-refractivity contribution is 6.30. The summed E-state index contributed by atoms with van der Waals surface area (Å²) in [4.78, 5) is 7.97. The van der Waals surface area contributed by atoms with Gasteiger partial charge >= 0.3 is 0 Å². The van der Waals surface area contributed by atoms with Crippen LogP contribution in [0.5, 0.6) is 0 Å². The number of nitrogens with one attached hydrogen (secondary N) is 1. The Bertz CT molecular complexity index is 330. The van der Waals surface area contributed by atoms with Gasteiger partial charge in [0.2, 0.25) is 0 Å². The van der Waals surface area contributed by atoms with Gasteiger partial charge in [-0.2, -0.15) is 0 Å². The molecule has 0 amide bonds. The van der Waals surface area contributed by atoms with Crippen LogP contribution >= 0.6 is 11.6 Å². The molecule has 0 saturated heterocycles. The van der Waals surface area contributed by atoms with E-state index in [2.05, 4.69) is 15.3 Å². The lowest BCUT2D eigenvalue weighted by Crippen LogP contribution is -2.27. The molecule has 0 aliphatic heterocycles. The van der Waals surface area contributed by atoms with E-state index in [4.69, 9.17) is 21.4 Å². The molecule has 6 heteroatoms. The molecule has 5 nitrogen and oxygen atoms in total. The molecule has 1 aromatic heterocycles. The normalized spacial score (nSPS) is 12.5. The minimum atomic E-state index is 0.0136. The third-order valence-corrected chi connectivity index (χ3v) is 2.59. The van der Waals surface area contributed by atoms with Crippen LogP contribution in [0.15, 0.2) is 6.33 Å². The van der Waals surface area contributed by atoms with Gasteiger partial charge < -0.3 is 15.2 Å². The lowest BCUT2D eigenvalue weighted by molar-refractivity contribution is 0.170. The number of aliphatic hydroxyl groups is 1. The molecule has 1 heterocycles. The summed E-state index contributed by atoms with van der Waals surface area (Å²) in [6.45, 7) is 2.44. The van der Waals surface area contributed by atoms with Crippen molar-refractivity contribution in [3.8, 4) is 0 Å². The lowest BCUT2D eigenvalue weighted by atomic mass is 10.2.